The van der Waals surface area contributed by atoms with E-state index in [1.54, 1.807) is 0 Å². The fourth-order valence-corrected chi connectivity index (χ4v) is 1.26. The maximum atomic E-state index is 13.2. The molecule has 0 saturated carbocycles. The lowest BCUT2D eigenvalue weighted by Gasteiger charge is -2.00. The summed E-state index contributed by atoms with van der Waals surface area (Å²) >= 11 is 0. The van der Waals surface area contributed by atoms with Crippen molar-refractivity contribution in [1.29, 1.82) is 0 Å². The number of halogens is 2. The lowest BCUT2D eigenvalue weighted by atomic mass is 10.2. The summed E-state index contributed by atoms with van der Waals surface area (Å²) < 4.78 is 26.0. The van der Waals surface area contributed by atoms with Gasteiger partial charge in [0.1, 0.15) is 11.3 Å². The van der Waals surface area contributed by atoms with Crippen LogP contribution in [-0.4, -0.2) is 21.0 Å². The van der Waals surface area contributed by atoms with E-state index in [0.717, 1.165) is 6.07 Å². The third-order valence-electron chi connectivity index (χ3n) is 1.92. The van der Waals surface area contributed by atoms with E-state index >= 15 is 0 Å². The predicted molar refractivity (Wildman–Crippen MR) is 49.2 cm³/mol. The first-order chi connectivity index (χ1) is 7.49. The van der Waals surface area contributed by atoms with E-state index < -0.39 is 28.9 Å². The van der Waals surface area contributed by atoms with Gasteiger partial charge in [0.25, 0.3) is 5.56 Å². The van der Waals surface area contributed by atoms with Gasteiger partial charge in [-0.3, -0.25) is 4.79 Å². The van der Waals surface area contributed by atoms with Crippen LogP contribution < -0.4 is 5.56 Å². The summed E-state index contributed by atoms with van der Waals surface area (Å²) in [4.78, 5) is 27.1. The quantitative estimate of drug-likeness (QED) is 0.756. The first kappa shape index (κ1) is 10.2. The molecule has 2 aromatic rings. The molecular weight excluding hydrogens is 222 g/mol. The minimum absolute atomic E-state index is 0.255. The number of fused-ring (bicyclic) bond motifs is 1. The number of rotatable bonds is 1. The molecule has 0 fully saturated rings. The standard InChI is InChI=1S/C9H4F2N2O3/c10-3-1-4(11)6-5(2-3)12-7(9(15)16)8(14)13-6/h1-2H,(H,13,14)(H,15,16). The fourth-order valence-electron chi connectivity index (χ4n) is 1.26. The summed E-state index contributed by atoms with van der Waals surface area (Å²) in [6, 6.07) is 1.40. The van der Waals surface area contributed by atoms with Gasteiger partial charge in [0.05, 0.1) is 5.52 Å². The molecule has 2 N–H and O–H groups in total. The zero-order valence-electron chi connectivity index (χ0n) is 7.62. The molecule has 0 spiro atoms. The summed E-state index contributed by atoms with van der Waals surface area (Å²) in [6.45, 7) is 0. The van der Waals surface area contributed by atoms with Crippen LogP contribution in [-0.2, 0) is 0 Å². The maximum absolute atomic E-state index is 13.2. The van der Waals surface area contributed by atoms with Crippen LogP contribution in [0.2, 0.25) is 0 Å². The first-order valence-corrected chi connectivity index (χ1v) is 4.11. The van der Waals surface area contributed by atoms with Crippen molar-refractivity contribution in [1.82, 2.24) is 9.97 Å². The van der Waals surface area contributed by atoms with Gasteiger partial charge in [0, 0.05) is 12.1 Å². The summed E-state index contributed by atoms with van der Waals surface area (Å²) in [5, 5.41) is 8.59. The van der Waals surface area contributed by atoms with Crippen molar-refractivity contribution < 1.29 is 18.7 Å². The van der Waals surface area contributed by atoms with E-state index in [2.05, 4.69) is 4.98 Å². The number of hydrogen-bond acceptors (Lipinski definition) is 3. The predicted octanol–water partition coefficient (Wildman–Crippen LogP) is 0.899. The van der Waals surface area contributed by atoms with Crippen molar-refractivity contribution in [3.63, 3.8) is 0 Å². The summed E-state index contributed by atoms with van der Waals surface area (Å²) in [6.07, 6.45) is 0. The number of nitrogens with zero attached hydrogens (tertiary/aromatic N) is 1. The number of aromatic amines is 1. The molecule has 0 aliphatic rings. The van der Waals surface area contributed by atoms with Crippen molar-refractivity contribution in [2.24, 2.45) is 0 Å². The largest absolute Gasteiger partial charge is 0.476 e. The van der Waals surface area contributed by atoms with E-state index in [-0.39, 0.29) is 11.0 Å². The van der Waals surface area contributed by atoms with Gasteiger partial charge in [0.15, 0.2) is 5.82 Å². The molecular formula is C9H4F2N2O3. The Balaban J connectivity index is 2.90. The number of benzene rings is 1. The summed E-state index contributed by atoms with van der Waals surface area (Å²) in [5.41, 5.74) is -2.42. The van der Waals surface area contributed by atoms with E-state index in [1.807, 2.05) is 4.98 Å². The molecule has 2 rings (SSSR count). The number of carboxylic acids is 1. The van der Waals surface area contributed by atoms with Gasteiger partial charge in [-0.1, -0.05) is 0 Å². The zero-order chi connectivity index (χ0) is 11.9. The monoisotopic (exact) mass is 226 g/mol. The molecule has 1 aromatic heterocycles. The Bertz CT molecular complexity index is 651. The number of nitrogens with one attached hydrogen (secondary N) is 1. The number of aromatic carboxylic acids is 1. The van der Waals surface area contributed by atoms with Gasteiger partial charge in [-0.2, -0.15) is 0 Å². The average molecular weight is 226 g/mol. The van der Waals surface area contributed by atoms with Crippen LogP contribution in [0.25, 0.3) is 11.0 Å². The highest BCUT2D eigenvalue weighted by atomic mass is 19.1. The second kappa shape index (κ2) is 3.37. The average Bonchev–Trinajstić information content (AvgIpc) is 2.18. The fraction of sp³-hybridized carbons (Fsp3) is 0. The van der Waals surface area contributed by atoms with Crippen molar-refractivity contribution in [3.05, 3.63) is 39.8 Å². The SMILES string of the molecule is O=C(O)c1nc2cc(F)cc(F)c2[nH]c1=O. The molecule has 1 aromatic carbocycles. The second-order valence-electron chi connectivity index (χ2n) is 3.00. The summed E-state index contributed by atoms with van der Waals surface area (Å²) in [5.74, 6) is -3.47. The van der Waals surface area contributed by atoms with Gasteiger partial charge in [-0.15, -0.1) is 0 Å². The van der Waals surface area contributed by atoms with Crippen LogP contribution >= 0.6 is 0 Å². The van der Waals surface area contributed by atoms with Gasteiger partial charge in [-0.25, -0.2) is 18.6 Å². The summed E-state index contributed by atoms with van der Waals surface area (Å²) in [7, 11) is 0. The molecule has 1 heterocycles. The molecule has 16 heavy (non-hydrogen) atoms. The number of hydrogen-bond donors (Lipinski definition) is 2. The molecule has 0 unspecified atom stereocenters. The van der Waals surface area contributed by atoms with Gasteiger partial charge >= 0.3 is 5.97 Å². The Morgan fingerprint density at radius 1 is 1.38 bits per heavy atom. The van der Waals surface area contributed by atoms with Crippen LogP contribution in [0.5, 0.6) is 0 Å². The molecule has 0 aliphatic heterocycles. The van der Waals surface area contributed by atoms with Gasteiger partial charge in [0.2, 0.25) is 5.69 Å². The van der Waals surface area contributed by atoms with Crippen LogP contribution in [0.15, 0.2) is 16.9 Å². The highest BCUT2D eigenvalue weighted by Crippen LogP contribution is 2.14. The highest BCUT2D eigenvalue weighted by molar-refractivity contribution is 5.87. The molecule has 0 saturated heterocycles. The van der Waals surface area contributed by atoms with Crippen LogP contribution in [0, 0.1) is 11.6 Å². The molecule has 0 atom stereocenters. The Hall–Kier alpha value is -2.31. The van der Waals surface area contributed by atoms with Gasteiger partial charge < -0.3 is 10.1 Å². The van der Waals surface area contributed by atoms with Crippen molar-refractivity contribution in [2.45, 2.75) is 0 Å². The molecule has 5 nitrogen and oxygen atoms in total. The minimum Gasteiger partial charge on any atom is -0.476 e. The molecule has 0 amide bonds. The highest BCUT2D eigenvalue weighted by Gasteiger charge is 2.14. The van der Waals surface area contributed by atoms with E-state index in [0.29, 0.717) is 6.07 Å². The molecule has 7 heteroatoms. The number of H-pyrrole nitrogens is 1. The van der Waals surface area contributed by atoms with Crippen molar-refractivity contribution in [3.8, 4) is 0 Å². The zero-order valence-corrected chi connectivity index (χ0v) is 7.62. The Morgan fingerprint density at radius 2 is 2.06 bits per heavy atom. The first-order valence-electron chi connectivity index (χ1n) is 4.11. The lowest BCUT2D eigenvalue weighted by Crippen LogP contribution is -2.20. The minimum atomic E-state index is -1.56. The second-order valence-corrected chi connectivity index (χ2v) is 3.00. The van der Waals surface area contributed by atoms with Crippen molar-refractivity contribution >= 4 is 17.0 Å². The number of aromatic nitrogens is 2. The molecule has 0 aliphatic carbocycles. The maximum Gasteiger partial charge on any atom is 0.360 e. The molecule has 82 valence electrons. The Kier molecular flexibility index (Phi) is 2.15. The topological polar surface area (TPSA) is 83.0 Å². The van der Waals surface area contributed by atoms with E-state index in [9.17, 15) is 18.4 Å². The van der Waals surface area contributed by atoms with E-state index in [1.165, 1.54) is 0 Å². The Labute approximate surface area is 86.4 Å². The lowest BCUT2D eigenvalue weighted by molar-refractivity contribution is 0.0689. The van der Waals surface area contributed by atoms with Gasteiger partial charge in [-0.05, 0) is 0 Å². The number of carboxylic acid groups (broad SMARTS) is 1. The normalized spacial score (nSPS) is 10.6. The smallest absolute Gasteiger partial charge is 0.360 e. The van der Waals surface area contributed by atoms with Crippen LogP contribution in [0.1, 0.15) is 10.5 Å². The Morgan fingerprint density at radius 3 is 2.69 bits per heavy atom. The third kappa shape index (κ3) is 1.52. The van der Waals surface area contributed by atoms with Crippen LogP contribution in [0.3, 0.4) is 0 Å². The molecule has 0 bridgehead atoms. The molecule has 0 radical (unpaired) electrons. The van der Waals surface area contributed by atoms with Crippen LogP contribution in [0.4, 0.5) is 8.78 Å². The van der Waals surface area contributed by atoms with E-state index in [4.69, 9.17) is 5.11 Å². The third-order valence-corrected chi connectivity index (χ3v) is 1.92. The van der Waals surface area contributed by atoms with Crippen molar-refractivity contribution in [2.75, 3.05) is 0 Å². The number of carbonyl (C=O) groups is 1.